The summed E-state index contributed by atoms with van der Waals surface area (Å²) < 4.78 is 40.7. The molecule has 1 saturated carbocycles. The Morgan fingerprint density at radius 3 is 2.28 bits per heavy atom. The zero-order chi connectivity index (χ0) is 32.7. The summed E-state index contributed by atoms with van der Waals surface area (Å²) in [6, 6.07) is 14.2. The monoisotopic (exact) mass is 653 g/mol. The first-order valence-electron chi connectivity index (χ1n) is 17.5. The van der Waals surface area contributed by atoms with Crippen molar-refractivity contribution in [3.63, 3.8) is 0 Å². The Balaban J connectivity index is 1.09. The lowest BCUT2D eigenvalue weighted by Gasteiger charge is -2.47. The molecule has 2 saturated heterocycles. The Hall–Kier alpha value is -2.46. The molecule has 1 amide bonds. The predicted octanol–water partition coefficient (Wildman–Crippen LogP) is 6.03. The van der Waals surface area contributed by atoms with Gasteiger partial charge < -0.3 is 14.8 Å². The van der Waals surface area contributed by atoms with Gasteiger partial charge in [-0.2, -0.15) is 4.31 Å². The number of piperidine rings is 1. The molecule has 3 fully saturated rings. The highest BCUT2D eigenvalue weighted by molar-refractivity contribution is 7.89. The van der Waals surface area contributed by atoms with Crippen molar-refractivity contribution in [3.8, 4) is 5.75 Å². The Labute approximate surface area is 277 Å². The Morgan fingerprint density at radius 2 is 1.63 bits per heavy atom. The van der Waals surface area contributed by atoms with E-state index in [0.29, 0.717) is 47.2 Å². The van der Waals surface area contributed by atoms with Gasteiger partial charge in [0.25, 0.3) is 0 Å². The van der Waals surface area contributed by atoms with Gasteiger partial charge in [-0.3, -0.25) is 9.69 Å². The van der Waals surface area contributed by atoms with Gasteiger partial charge in [0.05, 0.1) is 18.6 Å². The molecule has 0 spiro atoms. The molecule has 3 aliphatic rings. The molecule has 2 aromatic rings. The third kappa shape index (κ3) is 8.15. The number of rotatable bonds is 13. The number of hydrogen-bond acceptors (Lipinski definition) is 6. The summed E-state index contributed by atoms with van der Waals surface area (Å²) in [5, 5.41) is 3.11. The first-order chi connectivity index (χ1) is 22.1. The van der Waals surface area contributed by atoms with Gasteiger partial charge in [-0.15, -0.1) is 0 Å². The molecule has 0 bridgehead atoms. The number of ether oxygens (including phenoxy) is 2. The highest BCUT2D eigenvalue weighted by Crippen LogP contribution is 2.41. The van der Waals surface area contributed by atoms with Gasteiger partial charge in [0.15, 0.2) is 0 Å². The van der Waals surface area contributed by atoms with Crippen molar-refractivity contribution in [1.82, 2.24) is 14.5 Å². The smallest absolute Gasteiger partial charge is 0.248 e. The minimum Gasteiger partial charge on any atom is -0.497 e. The number of carbonyl (C=O) groups is 1. The van der Waals surface area contributed by atoms with Crippen molar-refractivity contribution < 1.29 is 22.7 Å². The number of nitrogens with one attached hydrogen (secondary N) is 1. The van der Waals surface area contributed by atoms with Crippen molar-refractivity contribution >= 4 is 15.9 Å². The number of sulfonamides is 1. The summed E-state index contributed by atoms with van der Waals surface area (Å²) >= 11 is 0. The Bertz CT molecular complexity index is 1380. The normalized spacial score (nSPS) is 25.3. The van der Waals surface area contributed by atoms with E-state index in [9.17, 15) is 13.2 Å². The average Bonchev–Trinajstić information content (AvgIpc) is 3.61. The summed E-state index contributed by atoms with van der Waals surface area (Å²) in [5.74, 6) is 1.14. The van der Waals surface area contributed by atoms with Crippen molar-refractivity contribution in [2.75, 3.05) is 39.9 Å². The number of hydrogen-bond donors (Lipinski definition) is 1. The topological polar surface area (TPSA) is 88.2 Å². The summed E-state index contributed by atoms with van der Waals surface area (Å²) in [5.41, 5.74) is 3.05. The maximum Gasteiger partial charge on any atom is 0.248 e. The molecule has 2 atom stereocenters. The van der Waals surface area contributed by atoms with Crippen LogP contribution in [0.5, 0.6) is 5.75 Å². The first-order valence-corrected chi connectivity index (χ1v) is 18.9. The molecule has 9 heteroatoms. The molecule has 5 rings (SSSR count). The zero-order valence-corrected chi connectivity index (χ0v) is 29.2. The zero-order valence-electron chi connectivity index (χ0n) is 28.4. The molecule has 2 unspecified atom stereocenters. The quantitative estimate of drug-likeness (QED) is 0.284. The Kier molecular flexibility index (Phi) is 11.8. The minimum atomic E-state index is -3.73. The van der Waals surface area contributed by atoms with Crippen molar-refractivity contribution in [3.05, 3.63) is 59.2 Å². The van der Waals surface area contributed by atoms with Gasteiger partial charge in [-0.25, -0.2) is 8.42 Å². The van der Waals surface area contributed by atoms with E-state index in [1.165, 1.54) is 57.2 Å². The van der Waals surface area contributed by atoms with E-state index < -0.39 is 16.1 Å². The fourth-order valence-electron chi connectivity index (χ4n) is 8.16. The van der Waals surface area contributed by atoms with E-state index in [1.54, 1.807) is 30.5 Å². The van der Waals surface area contributed by atoms with Crippen LogP contribution in [0.25, 0.3) is 0 Å². The van der Waals surface area contributed by atoms with E-state index in [1.807, 2.05) is 13.8 Å². The van der Waals surface area contributed by atoms with Gasteiger partial charge in [0.1, 0.15) is 11.9 Å². The second-order valence-corrected chi connectivity index (χ2v) is 15.8. The molecule has 2 aromatic carbocycles. The van der Waals surface area contributed by atoms with E-state index >= 15 is 0 Å². The van der Waals surface area contributed by atoms with Crippen LogP contribution in [-0.4, -0.2) is 81.1 Å². The third-order valence-electron chi connectivity index (χ3n) is 10.8. The predicted molar refractivity (Wildman–Crippen MR) is 183 cm³/mol. The van der Waals surface area contributed by atoms with Crippen LogP contribution in [0.2, 0.25) is 0 Å². The molecule has 8 nitrogen and oxygen atoms in total. The fourth-order valence-corrected chi connectivity index (χ4v) is 10.3. The van der Waals surface area contributed by atoms with Crippen LogP contribution >= 0.6 is 0 Å². The molecule has 0 radical (unpaired) electrons. The van der Waals surface area contributed by atoms with E-state index in [0.717, 1.165) is 25.7 Å². The molecule has 1 aliphatic carbocycles. The molecule has 1 N–H and O–H groups in total. The first kappa shape index (κ1) is 34.9. The fraction of sp³-hybridized carbons (Fsp3) is 0.649. The van der Waals surface area contributed by atoms with Crippen LogP contribution in [0, 0.1) is 19.8 Å². The SMILES string of the molecule is COc1cc(C)c(S(=O)(=O)N2CCCCC2COC(C)C(=O)NCCC2CCC(Cc3ccccc3)(N3CCCC3)CC2)c(C)c1. The van der Waals surface area contributed by atoms with Crippen LogP contribution in [0.1, 0.15) is 87.8 Å². The highest BCUT2D eigenvalue weighted by atomic mass is 32.2. The second kappa shape index (κ2) is 15.6. The summed E-state index contributed by atoms with van der Waals surface area (Å²) in [6.45, 7) is 9.13. The van der Waals surface area contributed by atoms with E-state index in [2.05, 4.69) is 40.5 Å². The summed E-state index contributed by atoms with van der Waals surface area (Å²) in [7, 11) is -2.15. The molecule has 0 aromatic heterocycles. The van der Waals surface area contributed by atoms with Crippen LogP contribution in [0.3, 0.4) is 0 Å². The van der Waals surface area contributed by atoms with Gasteiger partial charge in [0, 0.05) is 24.7 Å². The van der Waals surface area contributed by atoms with Gasteiger partial charge in [0.2, 0.25) is 15.9 Å². The molecular formula is C37H55N3O5S. The van der Waals surface area contributed by atoms with Gasteiger partial charge in [-0.05, 0) is 133 Å². The number of amides is 1. The number of nitrogens with zero attached hydrogens (tertiary/aromatic N) is 2. The standard InChI is InChI=1S/C37H55N3O5S/c1-28-24-34(44-4)25-29(2)35(28)46(42,43)40-23-9-8-14-33(40)27-45-30(3)36(41)38-20-17-31-15-18-37(19-16-31,39-21-10-11-22-39)26-32-12-6-5-7-13-32/h5-7,12-13,24-25,30-31,33H,8-11,14-23,26-27H2,1-4H3,(H,38,41). The Morgan fingerprint density at radius 1 is 0.978 bits per heavy atom. The summed E-state index contributed by atoms with van der Waals surface area (Å²) in [4.78, 5) is 16.1. The number of benzene rings is 2. The van der Waals surface area contributed by atoms with Gasteiger partial charge >= 0.3 is 0 Å². The lowest BCUT2D eigenvalue weighted by Crippen LogP contribution is -2.51. The largest absolute Gasteiger partial charge is 0.497 e. The number of methoxy groups -OCH3 is 1. The highest BCUT2D eigenvalue weighted by Gasteiger charge is 2.41. The van der Waals surface area contributed by atoms with Crippen molar-refractivity contribution in [1.29, 1.82) is 0 Å². The average molecular weight is 654 g/mol. The number of aryl methyl sites for hydroxylation is 2. The maximum atomic E-state index is 13.9. The van der Waals surface area contributed by atoms with Crippen LogP contribution in [-0.2, 0) is 26.0 Å². The minimum absolute atomic E-state index is 0.127. The lowest BCUT2D eigenvalue weighted by molar-refractivity contribution is -0.132. The van der Waals surface area contributed by atoms with Gasteiger partial charge in [-0.1, -0.05) is 36.8 Å². The van der Waals surface area contributed by atoms with Crippen LogP contribution in [0.15, 0.2) is 47.4 Å². The number of carbonyl (C=O) groups excluding carboxylic acids is 1. The third-order valence-corrected chi connectivity index (χ3v) is 13.0. The van der Waals surface area contributed by atoms with Crippen LogP contribution < -0.4 is 10.1 Å². The molecule has 46 heavy (non-hydrogen) atoms. The lowest BCUT2D eigenvalue weighted by atomic mass is 9.71. The van der Waals surface area contributed by atoms with Crippen molar-refractivity contribution in [2.24, 2.45) is 5.92 Å². The van der Waals surface area contributed by atoms with E-state index in [4.69, 9.17) is 9.47 Å². The van der Waals surface area contributed by atoms with Crippen LogP contribution in [0.4, 0.5) is 0 Å². The molecule has 254 valence electrons. The van der Waals surface area contributed by atoms with Crippen molar-refractivity contribution in [2.45, 2.75) is 114 Å². The molecule has 2 heterocycles. The number of likely N-dealkylation sites (tertiary alicyclic amines) is 1. The second-order valence-electron chi connectivity index (χ2n) is 13.9. The molecular weight excluding hydrogens is 598 g/mol. The summed E-state index contributed by atoms with van der Waals surface area (Å²) in [6.07, 6.45) is 11.4. The van der Waals surface area contributed by atoms with E-state index in [-0.39, 0.29) is 24.1 Å². The maximum absolute atomic E-state index is 13.9. The molecule has 2 aliphatic heterocycles.